The van der Waals surface area contributed by atoms with Crippen LogP contribution in [0, 0.1) is 11.3 Å². The van der Waals surface area contributed by atoms with Gasteiger partial charge in [0, 0.05) is 18.2 Å². The fraction of sp³-hybridized carbons (Fsp3) is 0.235. The summed E-state index contributed by atoms with van der Waals surface area (Å²) in [5.74, 6) is 1.12. The second kappa shape index (κ2) is 8.39. The quantitative estimate of drug-likeness (QED) is 0.794. The molecule has 0 atom stereocenters. The summed E-state index contributed by atoms with van der Waals surface area (Å²) in [6, 6.07) is 12.3. The van der Waals surface area contributed by atoms with Gasteiger partial charge in [0.2, 0.25) is 0 Å². The third-order valence-electron chi connectivity index (χ3n) is 3.03. The second-order valence-corrected chi connectivity index (χ2v) is 4.65. The summed E-state index contributed by atoms with van der Waals surface area (Å²) >= 11 is 0. The number of carbonyl (C=O) groups excluding carboxylic acids is 1. The molecule has 1 heterocycles. The number of ether oxygens (including phenoxy) is 2. The number of nitrogens with one attached hydrogen (secondary N) is 1. The first-order chi connectivity index (χ1) is 11.2. The minimum Gasteiger partial charge on any atom is -0.497 e. The molecule has 2 aromatic rings. The van der Waals surface area contributed by atoms with Crippen molar-refractivity contribution >= 4 is 11.7 Å². The van der Waals surface area contributed by atoms with E-state index in [1.54, 1.807) is 49.7 Å². The molecular weight excluding hydrogens is 294 g/mol. The topological polar surface area (TPSA) is 84.2 Å². The molecule has 0 unspecified atom stereocenters. The molecule has 6 heteroatoms. The summed E-state index contributed by atoms with van der Waals surface area (Å²) < 4.78 is 10.7. The van der Waals surface area contributed by atoms with Crippen molar-refractivity contribution in [3.8, 4) is 17.6 Å². The standard InChI is InChI=1S/C17H17N3O3/c1-22-14-7-4-6-13(12-14)17(21)20-16-15(8-5-10-19-16)23-11-3-2-9-18/h4-8,10,12H,2-3,11H2,1H3,(H,19,20,21). The number of unbranched alkanes of at least 4 members (excludes halogenated alkanes) is 1. The van der Waals surface area contributed by atoms with E-state index in [9.17, 15) is 4.79 Å². The van der Waals surface area contributed by atoms with Crippen LogP contribution in [0.3, 0.4) is 0 Å². The summed E-state index contributed by atoms with van der Waals surface area (Å²) in [6.07, 6.45) is 2.61. The van der Waals surface area contributed by atoms with Crippen molar-refractivity contribution < 1.29 is 14.3 Å². The largest absolute Gasteiger partial charge is 0.497 e. The van der Waals surface area contributed by atoms with Gasteiger partial charge in [-0.25, -0.2) is 4.98 Å². The summed E-state index contributed by atoms with van der Waals surface area (Å²) in [5.41, 5.74) is 0.463. The zero-order valence-electron chi connectivity index (χ0n) is 12.8. The molecular formula is C17H17N3O3. The molecule has 0 saturated heterocycles. The number of pyridine rings is 1. The number of amides is 1. The Morgan fingerprint density at radius 2 is 2.22 bits per heavy atom. The number of anilines is 1. The van der Waals surface area contributed by atoms with Gasteiger partial charge in [-0.1, -0.05) is 6.07 Å². The Balaban J connectivity index is 2.07. The molecule has 0 bridgehead atoms. The Morgan fingerprint density at radius 1 is 1.35 bits per heavy atom. The molecule has 0 aliphatic heterocycles. The second-order valence-electron chi connectivity index (χ2n) is 4.65. The average Bonchev–Trinajstić information content (AvgIpc) is 2.60. The Kier molecular flexibility index (Phi) is 5.95. The average molecular weight is 311 g/mol. The lowest BCUT2D eigenvalue weighted by atomic mass is 10.2. The molecule has 0 aliphatic carbocycles. The molecule has 0 aliphatic rings. The van der Waals surface area contributed by atoms with Crippen molar-refractivity contribution in [2.45, 2.75) is 12.8 Å². The lowest BCUT2D eigenvalue weighted by Gasteiger charge is -2.11. The van der Waals surface area contributed by atoms with Gasteiger partial charge >= 0.3 is 0 Å². The van der Waals surface area contributed by atoms with E-state index in [0.717, 1.165) is 0 Å². The van der Waals surface area contributed by atoms with Gasteiger partial charge < -0.3 is 14.8 Å². The van der Waals surface area contributed by atoms with Crippen molar-refractivity contribution in [2.75, 3.05) is 19.0 Å². The molecule has 1 aromatic heterocycles. The summed E-state index contributed by atoms with van der Waals surface area (Å²) in [5, 5.41) is 11.2. The highest BCUT2D eigenvalue weighted by molar-refractivity contribution is 6.04. The normalized spacial score (nSPS) is 9.74. The number of methoxy groups -OCH3 is 1. The predicted molar refractivity (Wildman–Crippen MR) is 85.5 cm³/mol. The lowest BCUT2D eigenvalue weighted by Crippen LogP contribution is -2.14. The maximum atomic E-state index is 12.3. The third-order valence-corrected chi connectivity index (χ3v) is 3.03. The highest BCUT2D eigenvalue weighted by atomic mass is 16.5. The Bertz CT molecular complexity index is 710. The summed E-state index contributed by atoms with van der Waals surface area (Å²) in [4.78, 5) is 16.4. The van der Waals surface area contributed by atoms with Crippen molar-refractivity contribution in [1.29, 1.82) is 5.26 Å². The number of benzene rings is 1. The smallest absolute Gasteiger partial charge is 0.257 e. The molecule has 23 heavy (non-hydrogen) atoms. The van der Waals surface area contributed by atoms with Gasteiger partial charge in [0.05, 0.1) is 19.8 Å². The van der Waals surface area contributed by atoms with E-state index in [-0.39, 0.29) is 5.91 Å². The molecule has 2 rings (SSSR count). The number of aromatic nitrogens is 1. The number of nitriles is 1. The third kappa shape index (κ3) is 4.71. The van der Waals surface area contributed by atoms with Crippen LogP contribution in [0.2, 0.25) is 0 Å². The van der Waals surface area contributed by atoms with Crippen LogP contribution in [0.1, 0.15) is 23.2 Å². The summed E-state index contributed by atoms with van der Waals surface area (Å²) in [6.45, 7) is 0.390. The molecule has 1 N–H and O–H groups in total. The first kappa shape index (κ1) is 16.3. The molecule has 0 fully saturated rings. The minimum absolute atomic E-state index is 0.301. The van der Waals surface area contributed by atoms with Gasteiger partial charge in [-0.2, -0.15) is 5.26 Å². The maximum absolute atomic E-state index is 12.3. The van der Waals surface area contributed by atoms with Gasteiger partial charge in [-0.05, 0) is 36.8 Å². The SMILES string of the molecule is COc1cccc(C(=O)Nc2ncccc2OCCCC#N)c1. The zero-order chi connectivity index (χ0) is 16.5. The first-order valence-corrected chi connectivity index (χ1v) is 7.14. The van der Waals surface area contributed by atoms with Crippen LogP contribution in [0.4, 0.5) is 5.82 Å². The highest BCUT2D eigenvalue weighted by Crippen LogP contribution is 2.22. The first-order valence-electron chi connectivity index (χ1n) is 7.14. The van der Waals surface area contributed by atoms with Gasteiger partial charge in [0.1, 0.15) is 5.75 Å². The number of nitrogens with zero attached hydrogens (tertiary/aromatic N) is 2. The van der Waals surface area contributed by atoms with Crippen LogP contribution in [-0.2, 0) is 0 Å². The minimum atomic E-state index is -0.301. The van der Waals surface area contributed by atoms with E-state index in [1.807, 2.05) is 0 Å². The van der Waals surface area contributed by atoms with Crippen molar-refractivity contribution in [3.63, 3.8) is 0 Å². The van der Waals surface area contributed by atoms with E-state index in [0.29, 0.717) is 42.3 Å². The van der Waals surface area contributed by atoms with Crippen LogP contribution < -0.4 is 14.8 Å². The molecule has 0 saturated carbocycles. The number of rotatable bonds is 7. The zero-order valence-corrected chi connectivity index (χ0v) is 12.8. The fourth-order valence-corrected chi connectivity index (χ4v) is 1.88. The number of hydrogen-bond donors (Lipinski definition) is 1. The van der Waals surface area contributed by atoms with Gasteiger partial charge in [0.25, 0.3) is 5.91 Å². The molecule has 0 radical (unpaired) electrons. The van der Waals surface area contributed by atoms with Crippen molar-refractivity contribution in [1.82, 2.24) is 4.98 Å². The van der Waals surface area contributed by atoms with E-state index in [4.69, 9.17) is 14.7 Å². The highest BCUT2D eigenvalue weighted by Gasteiger charge is 2.11. The predicted octanol–water partition coefficient (Wildman–Crippen LogP) is 3.03. The Morgan fingerprint density at radius 3 is 3.00 bits per heavy atom. The monoisotopic (exact) mass is 311 g/mol. The van der Waals surface area contributed by atoms with Gasteiger partial charge in [-0.15, -0.1) is 0 Å². The fourth-order valence-electron chi connectivity index (χ4n) is 1.88. The van der Waals surface area contributed by atoms with E-state index in [2.05, 4.69) is 16.4 Å². The van der Waals surface area contributed by atoms with Crippen LogP contribution in [0.5, 0.6) is 11.5 Å². The van der Waals surface area contributed by atoms with Crippen LogP contribution >= 0.6 is 0 Å². The Hall–Kier alpha value is -3.07. The van der Waals surface area contributed by atoms with E-state index in [1.165, 1.54) is 0 Å². The molecule has 118 valence electrons. The molecule has 6 nitrogen and oxygen atoms in total. The van der Waals surface area contributed by atoms with Crippen LogP contribution in [-0.4, -0.2) is 24.6 Å². The lowest BCUT2D eigenvalue weighted by molar-refractivity contribution is 0.102. The van der Waals surface area contributed by atoms with Gasteiger partial charge in [-0.3, -0.25) is 4.79 Å². The Labute approximate surface area is 134 Å². The molecule has 1 aromatic carbocycles. The molecule has 1 amide bonds. The van der Waals surface area contributed by atoms with Crippen LogP contribution in [0.25, 0.3) is 0 Å². The van der Waals surface area contributed by atoms with Crippen molar-refractivity contribution in [2.24, 2.45) is 0 Å². The number of carbonyl (C=O) groups is 1. The van der Waals surface area contributed by atoms with E-state index < -0.39 is 0 Å². The van der Waals surface area contributed by atoms with Gasteiger partial charge in [0.15, 0.2) is 11.6 Å². The summed E-state index contributed by atoms with van der Waals surface area (Å²) in [7, 11) is 1.54. The maximum Gasteiger partial charge on any atom is 0.257 e. The van der Waals surface area contributed by atoms with Crippen LogP contribution in [0.15, 0.2) is 42.6 Å². The number of hydrogen-bond acceptors (Lipinski definition) is 5. The van der Waals surface area contributed by atoms with Crippen molar-refractivity contribution in [3.05, 3.63) is 48.2 Å². The van der Waals surface area contributed by atoms with E-state index >= 15 is 0 Å². The molecule has 0 spiro atoms.